The first-order valence-electron chi connectivity index (χ1n) is 6.26. The average molecular weight is 292 g/mol. The van der Waals surface area contributed by atoms with Crippen LogP contribution in [0.2, 0.25) is 0 Å². The van der Waals surface area contributed by atoms with Gasteiger partial charge in [-0.15, -0.1) is 0 Å². The lowest BCUT2D eigenvalue weighted by Crippen LogP contribution is -2.05. The number of rotatable bonds is 4. The molecule has 0 atom stereocenters. The van der Waals surface area contributed by atoms with Gasteiger partial charge in [0, 0.05) is 5.56 Å². The van der Waals surface area contributed by atoms with Crippen LogP contribution in [0.3, 0.4) is 0 Å². The maximum absolute atomic E-state index is 12.5. The monoisotopic (exact) mass is 292 g/mol. The van der Waals surface area contributed by atoms with E-state index in [9.17, 15) is 13.2 Å². The lowest BCUT2D eigenvalue weighted by Gasteiger charge is -2.07. The van der Waals surface area contributed by atoms with Crippen LogP contribution in [0.15, 0.2) is 53.7 Å². The molecule has 2 rings (SSSR count). The summed E-state index contributed by atoms with van der Waals surface area (Å²) in [6, 6.07) is 12.4. The Hall–Kier alpha value is -2.30. The van der Waals surface area contributed by atoms with E-state index < -0.39 is 11.7 Å². The highest BCUT2D eigenvalue weighted by Gasteiger charge is 2.30. The predicted octanol–water partition coefficient (Wildman–Crippen LogP) is 4.44. The normalized spacial score (nSPS) is 11.8. The van der Waals surface area contributed by atoms with Crippen molar-refractivity contribution in [2.75, 3.05) is 0 Å². The Balaban J connectivity index is 1.93. The maximum atomic E-state index is 12.5. The van der Waals surface area contributed by atoms with Gasteiger partial charge >= 0.3 is 6.18 Å². The Kier molecular flexibility index (Phi) is 4.62. The van der Waals surface area contributed by atoms with E-state index in [-0.39, 0.29) is 6.61 Å². The van der Waals surface area contributed by atoms with Gasteiger partial charge in [0.05, 0.1) is 5.56 Å². The Labute approximate surface area is 120 Å². The molecule has 2 aromatic carbocycles. The number of hydrogen-bond acceptors (Lipinski definition) is 2. The van der Waals surface area contributed by atoms with Crippen molar-refractivity contribution < 1.29 is 18.0 Å². The standard InChI is InChI=1S/C16H13F3NO/c1-12-5-7-13(8-6-12)10-20-21-11-14-3-2-4-15(9-14)16(17,18)19/h2-9H,11H2,1H3. The summed E-state index contributed by atoms with van der Waals surface area (Å²) in [5.74, 6) is 0. The summed E-state index contributed by atoms with van der Waals surface area (Å²) in [6.07, 6.45) is -1.69. The minimum absolute atomic E-state index is 0.0389. The van der Waals surface area contributed by atoms with Crippen molar-refractivity contribution in [1.82, 2.24) is 0 Å². The van der Waals surface area contributed by atoms with Crippen LogP contribution < -0.4 is 0 Å². The van der Waals surface area contributed by atoms with Crippen molar-refractivity contribution in [3.05, 3.63) is 70.8 Å². The number of hydrogen-bond donors (Lipinski definition) is 0. The van der Waals surface area contributed by atoms with Crippen molar-refractivity contribution in [3.63, 3.8) is 0 Å². The number of halogens is 3. The molecule has 0 saturated heterocycles. The van der Waals surface area contributed by atoms with E-state index in [1.165, 1.54) is 6.07 Å². The van der Waals surface area contributed by atoms with Crippen molar-refractivity contribution >= 4 is 6.21 Å². The highest BCUT2D eigenvalue weighted by atomic mass is 19.4. The second-order valence-corrected chi connectivity index (χ2v) is 4.54. The van der Waals surface area contributed by atoms with Crippen LogP contribution in [0.4, 0.5) is 13.2 Å². The zero-order valence-electron chi connectivity index (χ0n) is 11.3. The molecular formula is C16H13F3NO. The van der Waals surface area contributed by atoms with Crippen molar-refractivity contribution in [1.29, 1.82) is 0 Å². The van der Waals surface area contributed by atoms with E-state index in [0.717, 1.165) is 23.3 Å². The topological polar surface area (TPSA) is 21.6 Å². The lowest BCUT2D eigenvalue weighted by atomic mass is 10.1. The Morgan fingerprint density at radius 1 is 1.10 bits per heavy atom. The zero-order valence-corrected chi connectivity index (χ0v) is 11.3. The van der Waals surface area contributed by atoms with Gasteiger partial charge in [-0.05, 0) is 24.6 Å². The number of aryl methyl sites for hydroxylation is 1. The Morgan fingerprint density at radius 3 is 2.48 bits per heavy atom. The maximum Gasteiger partial charge on any atom is 0.416 e. The SMILES string of the molecule is Cc1ccc(/[C]=N\OCc2cccc(C(F)(F)F)c2)cc1. The van der Waals surface area contributed by atoms with E-state index in [0.29, 0.717) is 5.56 Å². The molecule has 5 heteroatoms. The van der Waals surface area contributed by atoms with E-state index in [4.69, 9.17) is 4.84 Å². The molecule has 0 N–H and O–H groups in total. The van der Waals surface area contributed by atoms with Gasteiger partial charge in [0.25, 0.3) is 0 Å². The summed E-state index contributed by atoms with van der Waals surface area (Å²) in [4.78, 5) is 4.97. The Morgan fingerprint density at radius 2 is 1.81 bits per heavy atom. The van der Waals surface area contributed by atoms with Crippen molar-refractivity contribution in [2.24, 2.45) is 5.16 Å². The molecule has 21 heavy (non-hydrogen) atoms. The van der Waals surface area contributed by atoms with E-state index >= 15 is 0 Å². The molecule has 0 fully saturated rings. The molecule has 0 aliphatic carbocycles. The lowest BCUT2D eigenvalue weighted by molar-refractivity contribution is -0.137. The van der Waals surface area contributed by atoms with Crippen LogP contribution >= 0.6 is 0 Å². The van der Waals surface area contributed by atoms with Crippen LogP contribution in [-0.2, 0) is 17.6 Å². The van der Waals surface area contributed by atoms with Gasteiger partial charge in [-0.1, -0.05) is 47.1 Å². The fourth-order valence-corrected chi connectivity index (χ4v) is 1.66. The summed E-state index contributed by atoms with van der Waals surface area (Å²) < 4.78 is 37.6. The third-order valence-electron chi connectivity index (χ3n) is 2.78. The second kappa shape index (κ2) is 6.43. The van der Waals surface area contributed by atoms with Crippen molar-refractivity contribution in [2.45, 2.75) is 19.7 Å². The first-order chi connectivity index (χ1) is 9.95. The summed E-state index contributed by atoms with van der Waals surface area (Å²) in [7, 11) is 0. The first kappa shape index (κ1) is 15.1. The molecule has 109 valence electrons. The second-order valence-electron chi connectivity index (χ2n) is 4.54. The summed E-state index contributed by atoms with van der Waals surface area (Å²) >= 11 is 0. The van der Waals surface area contributed by atoms with Crippen LogP contribution in [0.25, 0.3) is 0 Å². The fraction of sp³-hybridized carbons (Fsp3) is 0.188. The molecule has 0 aliphatic rings. The van der Waals surface area contributed by atoms with E-state index in [1.807, 2.05) is 31.2 Å². The molecule has 0 unspecified atom stereocenters. The Bertz CT molecular complexity index is 618. The van der Waals surface area contributed by atoms with Gasteiger partial charge in [0.1, 0.15) is 12.8 Å². The van der Waals surface area contributed by atoms with Crippen LogP contribution in [-0.4, -0.2) is 6.21 Å². The summed E-state index contributed by atoms with van der Waals surface area (Å²) in [5, 5.41) is 3.63. The van der Waals surface area contributed by atoms with Crippen molar-refractivity contribution in [3.8, 4) is 0 Å². The van der Waals surface area contributed by atoms with Crippen LogP contribution in [0.5, 0.6) is 0 Å². The quantitative estimate of drug-likeness (QED) is 0.603. The fourth-order valence-electron chi connectivity index (χ4n) is 1.66. The summed E-state index contributed by atoms with van der Waals surface area (Å²) in [6.45, 7) is 1.92. The molecule has 0 heterocycles. The third kappa shape index (κ3) is 4.63. The third-order valence-corrected chi connectivity index (χ3v) is 2.78. The molecular weight excluding hydrogens is 279 g/mol. The van der Waals surface area contributed by atoms with E-state index in [2.05, 4.69) is 11.4 Å². The van der Waals surface area contributed by atoms with Gasteiger partial charge in [0.15, 0.2) is 0 Å². The predicted molar refractivity (Wildman–Crippen MR) is 73.9 cm³/mol. The molecule has 0 spiro atoms. The van der Waals surface area contributed by atoms with Gasteiger partial charge in [-0.25, -0.2) is 0 Å². The highest BCUT2D eigenvalue weighted by Crippen LogP contribution is 2.29. The molecule has 0 aromatic heterocycles. The summed E-state index contributed by atoms with van der Waals surface area (Å²) in [5.41, 5.74) is 1.56. The molecule has 0 bridgehead atoms. The van der Waals surface area contributed by atoms with E-state index in [1.54, 1.807) is 6.07 Å². The number of alkyl halides is 3. The molecule has 0 amide bonds. The zero-order chi connectivity index (χ0) is 15.3. The molecule has 2 aromatic rings. The average Bonchev–Trinajstić information content (AvgIpc) is 2.45. The van der Waals surface area contributed by atoms with Gasteiger partial charge < -0.3 is 4.84 Å². The first-order valence-corrected chi connectivity index (χ1v) is 6.26. The minimum Gasteiger partial charge on any atom is -0.390 e. The molecule has 1 radical (unpaired) electrons. The smallest absolute Gasteiger partial charge is 0.390 e. The molecule has 0 saturated carbocycles. The number of nitrogens with zero attached hydrogens (tertiary/aromatic N) is 1. The van der Waals surface area contributed by atoms with Gasteiger partial charge in [-0.3, -0.25) is 0 Å². The minimum atomic E-state index is -4.35. The van der Waals surface area contributed by atoms with Crippen LogP contribution in [0, 0.1) is 6.92 Å². The molecule has 0 aliphatic heterocycles. The van der Waals surface area contributed by atoms with Gasteiger partial charge in [-0.2, -0.15) is 13.2 Å². The number of benzene rings is 2. The molecule has 2 nitrogen and oxygen atoms in total. The van der Waals surface area contributed by atoms with Gasteiger partial charge in [0.2, 0.25) is 0 Å². The largest absolute Gasteiger partial charge is 0.416 e. The highest BCUT2D eigenvalue weighted by molar-refractivity contribution is 5.79. The van der Waals surface area contributed by atoms with Crippen LogP contribution in [0.1, 0.15) is 22.3 Å².